The van der Waals surface area contributed by atoms with E-state index in [0.717, 1.165) is 30.3 Å². The largest absolute Gasteiger partial charge is 0.449 e. The second-order valence-electron chi connectivity index (χ2n) is 4.89. The van der Waals surface area contributed by atoms with Gasteiger partial charge in [0, 0.05) is 11.8 Å². The minimum atomic E-state index is -1.29. The molecule has 2 aromatic carbocycles. The van der Waals surface area contributed by atoms with Gasteiger partial charge in [-0.25, -0.2) is 18.0 Å². The lowest BCUT2D eigenvalue weighted by molar-refractivity contribution is -0.123. The fourth-order valence-corrected chi connectivity index (χ4v) is 1.82. The Morgan fingerprint density at radius 3 is 2.33 bits per heavy atom. The van der Waals surface area contributed by atoms with Crippen molar-refractivity contribution in [3.8, 4) is 0 Å². The number of nitrogen functional groups attached to an aromatic ring is 1. The molecule has 126 valence electrons. The number of nitrogens with two attached hydrogens (primary N) is 1. The molecule has 0 bridgehead atoms. The normalized spacial score (nSPS) is 11.7. The second-order valence-corrected chi connectivity index (χ2v) is 4.89. The third-order valence-corrected chi connectivity index (χ3v) is 3.08. The van der Waals surface area contributed by atoms with E-state index in [1.807, 2.05) is 0 Å². The molecule has 5 nitrogen and oxygen atoms in total. The van der Waals surface area contributed by atoms with Crippen molar-refractivity contribution in [1.29, 1.82) is 0 Å². The van der Waals surface area contributed by atoms with Crippen LogP contribution in [0.3, 0.4) is 0 Å². The van der Waals surface area contributed by atoms with E-state index in [0.29, 0.717) is 6.07 Å². The SMILES string of the molecule is CC(OC(=O)c1ccc(F)cc1N)C(=O)Nc1ccc(F)cc1F. The van der Waals surface area contributed by atoms with Gasteiger partial charge in [0.15, 0.2) is 6.10 Å². The number of rotatable bonds is 4. The second kappa shape index (κ2) is 7.03. The van der Waals surface area contributed by atoms with Gasteiger partial charge in [0.1, 0.15) is 17.5 Å². The molecule has 2 rings (SSSR count). The molecule has 24 heavy (non-hydrogen) atoms. The van der Waals surface area contributed by atoms with E-state index in [1.54, 1.807) is 0 Å². The molecule has 1 atom stereocenters. The zero-order valence-electron chi connectivity index (χ0n) is 12.5. The molecule has 0 radical (unpaired) electrons. The minimum absolute atomic E-state index is 0.107. The van der Waals surface area contributed by atoms with Crippen molar-refractivity contribution in [1.82, 2.24) is 0 Å². The molecular formula is C16H13F3N2O3. The van der Waals surface area contributed by atoms with Gasteiger partial charge in [-0.2, -0.15) is 0 Å². The van der Waals surface area contributed by atoms with E-state index < -0.39 is 35.4 Å². The highest BCUT2D eigenvalue weighted by molar-refractivity contribution is 5.99. The molecule has 0 aliphatic rings. The van der Waals surface area contributed by atoms with Crippen LogP contribution in [0.15, 0.2) is 36.4 Å². The van der Waals surface area contributed by atoms with Gasteiger partial charge >= 0.3 is 5.97 Å². The Morgan fingerprint density at radius 1 is 1.08 bits per heavy atom. The molecule has 2 aromatic rings. The highest BCUT2D eigenvalue weighted by Crippen LogP contribution is 2.17. The van der Waals surface area contributed by atoms with Crippen molar-refractivity contribution in [2.75, 3.05) is 11.1 Å². The summed E-state index contributed by atoms with van der Waals surface area (Å²) in [5, 5.41) is 2.17. The Labute approximate surface area is 135 Å². The first-order chi connectivity index (χ1) is 11.3. The lowest BCUT2D eigenvalue weighted by Crippen LogP contribution is -2.30. The number of hydrogen-bond acceptors (Lipinski definition) is 4. The number of amides is 1. The standard InChI is InChI=1S/C16H13F3N2O3/c1-8(15(22)21-14-5-3-9(17)6-12(14)19)24-16(23)11-4-2-10(18)7-13(11)20/h2-8H,20H2,1H3,(H,21,22). The maximum Gasteiger partial charge on any atom is 0.341 e. The molecule has 1 amide bonds. The maximum absolute atomic E-state index is 13.5. The van der Waals surface area contributed by atoms with Gasteiger partial charge in [0.25, 0.3) is 5.91 Å². The monoisotopic (exact) mass is 338 g/mol. The number of hydrogen-bond donors (Lipinski definition) is 2. The van der Waals surface area contributed by atoms with Gasteiger partial charge in [-0.15, -0.1) is 0 Å². The first-order valence-electron chi connectivity index (χ1n) is 6.80. The van der Waals surface area contributed by atoms with Crippen LogP contribution in [-0.4, -0.2) is 18.0 Å². The van der Waals surface area contributed by atoms with Crippen LogP contribution in [0.4, 0.5) is 24.5 Å². The lowest BCUT2D eigenvalue weighted by Gasteiger charge is -2.14. The Kier molecular flexibility index (Phi) is 5.08. The van der Waals surface area contributed by atoms with Crippen LogP contribution in [0.2, 0.25) is 0 Å². The molecule has 8 heteroatoms. The average Bonchev–Trinajstić information content (AvgIpc) is 2.49. The Bertz CT molecular complexity index is 796. The average molecular weight is 338 g/mol. The topological polar surface area (TPSA) is 81.4 Å². The molecule has 0 aliphatic carbocycles. The molecule has 0 aromatic heterocycles. The third kappa shape index (κ3) is 4.03. The van der Waals surface area contributed by atoms with E-state index in [2.05, 4.69) is 5.32 Å². The minimum Gasteiger partial charge on any atom is -0.449 e. The van der Waals surface area contributed by atoms with Crippen LogP contribution in [0, 0.1) is 17.5 Å². The summed E-state index contributed by atoms with van der Waals surface area (Å²) >= 11 is 0. The number of halogens is 3. The van der Waals surface area contributed by atoms with Crippen LogP contribution in [0.1, 0.15) is 17.3 Å². The number of carbonyl (C=O) groups is 2. The summed E-state index contributed by atoms with van der Waals surface area (Å²) in [5.74, 6) is -4.15. The van der Waals surface area contributed by atoms with E-state index in [9.17, 15) is 22.8 Å². The van der Waals surface area contributed by atoms with E-state index >= 15 is 0 Å². The maximum atomic E-state index is 13.5. The van der Waals surface area contributed by atoms with E-state index in [4.69, 9.17) is 10.5 Å². The van der Waals surface area contributed by atoms with Crippen molar-refractivity contribution in [2.24, 2.45) is 0 Å². The summed E-state index contributed by atoms with van der Waals surface area (Å²) in [6, 6.07) is 5.69. The summed E-state index contributed by atoms with van der Waals surface area (Å²) in [5.41, 5.74) is 5.00. The van der Waals surface area contributed by atoms with Gasteiger partial charge in [-0.1, -0.05) is 0 Å². The molecule has 1 unspecified atom stereocenters. The summed E-state index contributed by atoms with van der Waals surface area (Å²) in [7, 11) is 0. The fraction of sp³-hybridized carbons (Fsp3) is 0.125. The van der Waals surface area contributed by atoms with Crippen LogP contribution in [0.5, 0.6) is 0 Å². The summed E-state index contributed by atoms with van der Waals surface area (Å²) in [6.07, 6.45) is -1.29. The van der Waals surface area contributed by atoms with Crippen LogP contribution >= 0.6 is 0 Å². The van der Waals surface area contributed by atoms with Crippen LogP contribution in [0.25, 0.3) is 0 Å². The van der Waals surface area contributed by atoms with E-state index in [-0.39, 0.29) is 16.9 Å². The molecule has 0 spiro atoms. The van der Waals surface area contributed by atoms with Crippen molar-refractivity contribution < 1.29 is 27.5 Å². The highest BCUT2D eigenvalue weighted by atomic mass is 19.1. The highest BCUT2D eigenvalue weighted by Gasteiger charge is 2.21. The van der Waals surface area contributed by atoms with Gasteiger partial charge in [0.2, 0.25) is 0 Å². The lowest BCUT2D eigenvalue weighted by atomic mass is 10.2. The van der Waals surface area contributed by atoms with Crippen LogP contribution < -0.4 is 11.1 Å². The van der Waals surface area contributed by atoms with Gasteiger partial charge in [-0.05, 0) is 37.3 Å². The quantitative estimate of drug-likeness (QED) is 0.663. The zero-order valence-corrected chi connectivity index (χ0v) is 12.5. The van der Waals surface area contributed by atoms with Crippen molar-refractivity contribution in [3.05, 3.63) is 59.4 Å². The smallest absolute Gasteiger partial charge is 0.341 e. The van der Waals surface area contributed by atoms with Crippen molar-refractivity contribution in [3.63, 3.8) is 0 Å². The summed E-state index contributed by atoms with van der Waals surface area (Å²) < 4.78 is 44.1. The first kappa shape index (κ1) is 17.3. The molecule has 0 heterocycles. The number of nitrogens with one attached hydrogen (secondary N) is 1. The molecule has 0 saturated heterocycles. The number of anilines is 2. The molecule has 0 saturated carbocycles. The predicted octanol–water partition coefficient (Wildman–Crippen LogP) is 2.87. The van der Waals surface area contributed by atoms with Gasteiger partial charge < -0.3 is 15.8 Å². The Morgan fingerprint density at radius 2 is 1.71 bits per heavy atom. The molecule has 0 aliphatic heterocycles. The summed E-state index contributed by atoms with van der Waals surface area (Å²) in [6.45, 7) is 1.26. The van der Waals surface area contributed by atoms with E-state index in [1.165, 1.54) is 6.92 Å². The molecular weight excluding hydrogens is 325 g/mol. The molecule has 3 N–H and O–H groups in total. The predicted molar refractivity (Wildman–Crippen MR) is 80.7 cm³/mol. The number of esters is 1. The summed E-state index contributed by atoms with van der Waals surface area (Å²) in [4.78, 5) is 23.8. The van der Waals surface area contributed by atoms with Crippen molar-refractivity contribution in [2.45, 2.75) is 13.0 Å². The Balaban J connectivity index is 2.04. The Hall–Kier alpha value is -3.03. The van der Waals surface area contributed by atoms with Crippen molar-refractivity contribution >= 4 is 23.3 Å². The van der Waals surface area contributed by atoms with Gasteiger partial charge in [-0.3, -0.25) is 4.79 Å². The molecule has 0 fully saturated rings. The number of carbonyl (C=O) groups excluding carboxylic acids is 2. The third-order valence-electron chi connectivity index (χ3n) is 3.08. The zero-order chi connectivity index (χ0) is 17.9. The van der Waals surface area contributed by atoms with Gasteiger partial charge in [0.05, 0.1) is 11.3 Å². The first-order valence-corrected chi connectivity index (χ1v) is 6.80. The van der Waals surface area contributed by atoms with Crippen LogP contribution in [-0.2, 0) is 9.53 Å². The fourth-order valence-electron chi connectivity index (χ4n) is 1.82. The number of benzene rings is 2. The number of ether oxygens (including phenoxy) is 1.